The Balaban J connectivity index is 1.91. The van der Waals surface area contributed by atoms with Crippen molar-refractivity contribution < 1.29 is 9.59 Å². The average Bonchev–Trinajstić information content (AvgIpc) is 2.68. The minimum absolute atomic E-state index is 0.0223. The van der Waals surface area contributed by atoms with Crippen LogP contribution in [-0.4, -0.2) is 29.8 Å². The SMILES string of the molecule is CCNC(=O)[C@H]1CC[C@@H](c2cccc(C)c2)N(C(=O)c2ccc(Cl)cc2)C1. The molecule has 142 valence electrons. The molecule has 0 unspecified atom stereocenters. The first-order valence-corrected chi connectivity index (χ1v) is 9.78. The number of rotatable bonds is 4. The van der Waals surface area contributed by atoms with Gasteiger partial charge in [0.15, 0.2) is 0 Å². The lowest BCUT2D eigenvalue weighted by Crippen LogP contribution is -2.47. The van der Waals surface area contributed by atoms with Crippen LogP contribution in [0.1, 0.15) is 47.3 Å². The van der Waals surface area contributed by atoms with E-state index in [1.165, 1.54) is 0 Å². The summed E-state index contributed by atoms with van der Waals surface area (Å²) in [6.07, 6.45) is 1.54. The van der Waals surface area contributed by atoms with Gasteiger partial charge in [-0.3, -0.25) is 9.59 Å². The molecule has 4 nitrogen and oxygen atoms in total. The number of nitrogens with one attached hydrogen (secondary N) is 1. The van der Waals surface area contributed by atoms with Gasteiger partial charge in [0.1, 0.15) is 0 Å². The minimum atomic E-state index is -0.178. The maximum absolute atomic E-state index is 13.3. The van der Waals surface area contributed by atoms with Gasteiger partial charge in [-0.15, -0.1) is 0 Å². The van der Waals surface area contributed by atoms with E-state index in [1.54, 1.807) is 24.3 Å². The van der Waals surface area contributed by atoms with Crippen molar-refractivity contribution in [2.45, 2.75) is 32.7 Å². The van der Waals surface area contributed by atoms with Gasteiger partial charge in [0.2, 0.25) is 5.91 Å². The summed E-state index contributed by atoms with van der Waals surface area (Å²) < 4.78 is 0. The van der Waals surface area contributed by atoms with Gasteiger partial charge in [0.25, 0.3) is 5.91 Å². The topological polar surface area (TPSA) is 49.4 Å². The molecule has 2 aromatic rings. The standard InChI is InChI=1S/C22H25ClN2O2/c1-3-24-21(26)18-9-12-20(17-6-4-5-15(2)13-17)25(14-18)22(27)16-7-10-19(23)11-8-16/h4-8,10-11,13,18,20H,3,9,12,14H2,1-2H3,(H,24,26)/t18-,20-/m0/s1. The molecular weight excluding hydrogens is 360 g/mol. The zero-order chi connectivity index (χ0) is 19.4. The molecule has 1 saturated heterocycles. The van der Waals surface area contributed by atoms with Gasteiger partial charge < -0.3 is 10.2 Å². The van der Waals surface area contributed by atoms with Crippen molar-refractivity contribution in [1.29, 1.82) is 0 Å². The van der Waals surface area contributed by atoms with Crippen LogP contribution in [0.2, 0.25) is 5.02 Å². The van der Waals surface area contributed by atoms with Crippen LogP contribution in [0, 0.1) is 12.8 Å². The fraction of sp³-hybridized carbons (Fsp3) is 0.364. The van der Waals surface area contributed by atoms with Gasteiger partial charge in [-0.25, -0.2) is 0 Å². The summed E-state index contributed by atoms with van der Waals surface area (Å²) in [4.78, 5) is 27.5. The molecule has 5 heteroatoms. The molecule has 1 heterocycles. The summed E-state index contributed by atoms with van der Waals surface area (Å²) in [5.41, 5.74) is 2.87. The molecule has 1 N–H and O–H groups in total. The highest BCUT2D eigenvalue weighted by molar-refractivity contribution is 6.30. The smallest absolute Gasteiger partial charge is 0.254 e. The van der Waals surface area contributed by atoms with E-state index in [-0.39, 0.29) is 23.8 Å². The molecule has 0 spiro atoms. The summed E-state index contributed by atoms with van der Waals surface area (Å²) in [6, 6.07) is 15.2. The third kappa shape index (κ3) is 4.51. The number of hydrogen-bond acceptors (Lipinski definition) is 2. The predicted molar refractivity (Wildman–Crippen MR) is 108 cm³/mol. The third-order valence-corrected chi connectivity index (χ3v) is 5.33. The van der Waals surface area contributed by atoms with E-state index < -0.39 is 0 Å². The second kappa shape index (κ2) is 8.57. The Hall–Kier alpha value is -2.33. The number of likely N-dealkylation sites (tertiary alicyclic amines) is 1. The number of piperidine rings is 1. The highest BCUT2D eigenvalue weighted by Gasteiger charge is 2.35. The van der Waals surface area contributed by atoms with Gasteiger partial charge in [0.05, 0.1) is 12.0 Å². The van der Waals surface area contributed by atoms with Gasteiger partial charge >= 0.3 is 0 Å². The first-order chi connectivity index (χ1) is 13.0. The molecule has 0 radical (unpaired) electrons. The second-order valence-electron chi connectivity index (χ2n) is 7.06. The second-order valence-corrected chi connectivity index (χ2v) is 7.50. The summed E-state index contributed by atoms with van der Waals surface area (Å²) >= 11 is 5.97. The number of benzene rings is 2. The van der Waals surface area contributed by atoms with Crippen LogP contribution in [-0.2, 0) is 4.79 Å². The van der Waals surface area contributed by atoms with Gasteiger partial charge in [-0.05, 0) is 56.5 Å². The van der Waals surface area contributed by atoms with Crippen molar-refractivity contribution in [3.63, 3.8) is 0 Å². The van der Waals surface area contributed by atoms with Gasteiger partial charge in [-0.2, -0.15) is 0 Å². The van der Waals surface area contributed by atoms with Gasteiger partial charge in [-0.1, -0.05) is 41.4 Å². The summed E-state index contributed by atoms with van der Waals surface area (Å²) in [5, 5.41) is 3.49. The minimum Gasteiger partial charge on any atom is -0.356 e. The van der Waals surface area contributed by atoms with Crippen LogP contribution in [0.15, 0.2) is 48.5 Å². The van der Waals surface area contributed by atoms with Crippen molar-refractivity contribution >= 4 is 23.4 Å². The lowest BCUT2D eigenvalue weighted by atomic mass is 9.87. The Morgan fingerprint density at radius 1 is 1.15 bits per heavy atom. The van der Waals surface area contributed by atoms with Crippen LogP contribution in [0.25, 0.3) is 0 Å². The van der Waals surface area contributed by atoms with E-state index in [1.807, 2.05) is 17.9 Å². The number of amides is 2. The maximum atomic E-state index is 13.3. The van der Waals surface area contributed by atoms with Crippen LogP contribution >= 0.6 is 11.6 Å². The Labute approximate surface area is 165 Å². The zero-order valence-electron chi connectivity index (χ0n) is 15.7. The zero-order valence-corrected chi connectivity index (χ0v) is 16.5. The molecule has 2 amide bonds. The molecule has 0 aromatic heterocycles. The number of halogens is 1. The Morgan fingerprint density at radius 2 is 1.89 bits per heavy atom. The Kier molecular flexibility index (Phi) is 6.17. The number of aryl methyl sites for hydroxylation is 1. The van der Waals surface area contributed by atoms with E-state index >= 15 is 0 Å². The molecule has 0 saturated carbocycles. The lowest BCUT2D eigenvalue weighted by Gasteiger charge is -2.39. The summed E-state index contributed by atoms with van der Waals surface area (Å²) in [6.45, 7) is 4.98. The van der Waals surface area contributed by atoms with E-state index in [2.05, 4.69) is 30.4 Å². The van der Waals surface area contributed by atoms with Crippen LogP contribution in [0.3, 0.4) is 0 Å². The Morgan fingerprint density at radius 3 is 2.56 bits per heavy atom. The molecule has 0 bridgehead atoms. The van der Waals surface area contributed by atoms with Crippen LogP contribution in [0.5, 0.6) is 0 Å². The van der Waals surface area contributed by atoms with Crippen molar-refractivity contribution in [2.75, 3.05) is 13.1 Å². The average molecular weight is 385 g/mol. The highest BCUT2D eigenvalue weighted by Crippen LogP contribution is 2.35. The maximum Gasteiger partial charge on any atom is 0.254 e. The molecular formula is C22H25ClN2O2. The molecule has 2 aromatic carbocycles. The number of nitrogens with zero attached hydrogens (tertiary/aromatic N) is 1. The fourth-order valence-corrected chi connectivity index (χ4v) is 3.84. The normalized spacial score (nSPS) is 19.6. The fourth-order valence-electron chi connectivity index (χ4n) is 3.71. The highest BCUT2D eigenvalue weighted by atomic mass is 35.5. The molecule has 27 heavy (non-hydrogen) atoms. The largest absolute Gasteiger partial charge is 0.356 e. The number of hydrogen-bond donors (Lipinski definition) is 1. The van der Waals surface area contributed by atoms with Crippen LogP contribution in [0.4, 0.5) is 0 Å². The monoisotopic (exact) mass is 384 g/mol. The van der Waals surface area contributed by atoms with Crippen molar-refractivity contribution in [2.24, 2.45) is 5.92 Å². The predicted octanol–water partition coefficient (Wildman–Crippen LogP) is 4.38. The molecule has 2 atom stereocenters. The molecule has 1 aliphatic rings. The first kappa shape index (κ1) is 19.4. The quantitative estimate of drug-likeness (QED) is 0.850. The lowest BCUT2D eigenvalue weighted by molar-refractivity contribution is -0.126. The van der Waals surface area contributed by atoms with Gasteiger partial charge in [0, 0.05) is 23.7 Å². The van der Waals surface area contributed by atoms with E-state index in [0.717, 1.165) is 24.0 Å². The molecule has 1 aliphatic heterocycles. The number of carbonyl (C=O) groups excluding carboxylic acids is 2. The molecule has 1 fully saturated rings. The van der Waals surface area contributed by atoms with E-state index in [9.17, 15) is 9.59 Å². The Bertz CT molecular complexity index is 819. The molecule has 0 aliphatic carbocycles. The van der Waals surface area contributed by atoms with Crippen molar-refractivity contribution in [3.8, 4) is 0 Å². The van der Waals surface area contributed by atoms with E-state index in [0.29, 0.717) is 23.7 Å². The third-order valence-electron chi connectivity index (χ3n) is 5.08. The summed E-state index contributed by atoms with van der Waals surface area (Å²) in [5.74, 6) is -0.219. The van der Waals surface area contributed by atoms with Crippen molar-refractivity contribution in [1.82, 2.24) is 10.2 Å². The summed E-state index contributed by atoms with van der Waals surface area (Å²) in [7, 11) is 0. The van der Waals surface area contributed by atoms with E-state index in [4.69, 9.17) is 11.6 Å². The van der Waals surface area contributed by atoms with Crippen LogP contribution < -0.4 is 5.32 Å². The molecule has 3 rings (SSSR count). The number of carbonyl (C=O) groups is 2. The van der Waals surface area contributed by atoms with Crippen molar-refractivity contribution in [3.05, 3.63) is 70.2 Å². The first-order valence-electron chi connectivity index (χ1n) is 9.40.